The van der Waals surface area contributed by atoms with E-state index in [2.05, 4.69) is 0 Å². The number of hydroxylamine groups is 2. The maximum atomic E-state index is 12.2. The van der Waals surface area contributed by atoms with Gasteiger partial charge in [0.2, 0.25) is 0 Å². The van der Waals surface area contributed by atoms with Gasteiger partial charge in [0.25, 0.3) is 0 Å². The third-order valence-electron chi connectivity index (χ3n) is 4.66. The molecular weight excluding hydrogens is 330 g/mol. The average Bonchev–Trinajstić information content (AvgIpc) is 3.11. The van der Waals surface area contributed by atoms with Crippen molar-refractivity contribution in [1.29, 1.82) is 0 Å². The molecule has 0 aliphatic carbocycles. The minimum atomic E-state index is -0.644. The summed E-state index contributed by atoms with van der Waals surface area (Å²) in [7, 11) is 1.39. The molecule has 0 saturated carbocycles. The molecule has 0 aromatic heterocycles. The third kappa shape index (κ3) is 4.69. The van der Waals surface area contributed by atoms with Crippen LogP contribution in [-0.2, 0) is 32.3 Å². The number of carbonyl (C=O) groups excluding carboxylic acids is 1. The van der Waals surface area contributed by atoms with Gasteiger partial charge in [0, 0.05) is 19.0 Å². The maximum absolute atomic E-state index is 12.2. The van der Waals surface area contributed by atoms with E-state index in [1.165, 1.54) is 7.11 Å². The van der Waals surface area contributed by atoms with E-state index in [1.54, 1.807) is 0 Å². The Kier molecular flexibility index (Phi) is 6.39. The van der Waals surface area contributed by atoms with Crippen molar-refractivity contribution in [1.82, 2.24) is 5.06 Å². The number of rotatable bonds is 7. The number of benzene rings is 2. The first-order valence-electron chi connectivity index (χ1n) is 8.86. The van der Waals surface area contributed by atoms with E-state index in [0.717, 1.165) is 11.1 Å². The number of esters is 1. The second-order valence-corrected chi connectivity index (χ2v) is 6.52. The van der Waals surface area contributed by atoms with Crippen LogP contribution in [0.2, 0.25) is 0 Å². The van der Waals surface area contributed by atoms with Crippen LogP contribution in [0.15, 0.2) is 60.7 Å². The SMILES string of the molecule is COC(=O)[C@H]1ON(Cc2ccccc2)C[C@H]1[C@H](C)OCc1ccccc1. The molecule has 0 N–H and O–H groups in total. The second kappa shape index (κ2) is 8.94. The molecule has 0 unspecified atom stereocenters. The minimum Gasteiger partial charge on any atom is -0.467 e. The maximum Gasteiger partial charge on any atom is 0.337 e. The minimum absolute atomic E-state index is 0.0881. The highest BCUT2D eigenvalue weighted by molar-refractivity contribution is 5.75. The zero-order valence-electron chi connectivity index (χ0n) is 15.2. The second-order valence-electron chi connectivity index (χ2n) is 6.52. The van der Waals surface area contributed by atoms with Crippen molar-refractivity contribution in [3.8, 4) is 0 Å². The fourth-order valence-electron chi connectivity index (χ4n) is 3.16. The van der Waals surface area contributed by atoms with Gasteiger partial charge in [-0.2, -0.15) is 5.06 Å². The Morgan fingerprint density at radius 3 is 2.35 bits per heavy atom. The Labute approximate surface area is 154 Å². The van der Waals surface area contributed by atoms with Gasteiger partial charge in [0.15, 0.2) is 6.10 Å². The molecule has 3 rings (SSSR count). The van der Waals surface area contributed by atoms with E-state index in [9.17, 15) is 4.79 Å². The topological polar surface area (TPSA) is 48.0 Å². The fraction of sp³-hybridized carbons (Fsp3) is 0.381. The Morgan fingerprint density at radius 2 is 1.73 bits per heavy atom. The van der Waals surface area contributed by atoms with E-state index < -0.39 is 6.10 Å². The van der Waals surface area contributed by atoms with Crippen LogP contribution in [0.25, 0.3) is 0 Å². The van der Waals surface area contributed by atoms with Gasteiger partial charge in [-0.05, 0) is 18.1 Å². The number of nitrogens with zero attached hydrogens (tertiary/aromatic N) is 1. The molecule has 0 radical (unpaired) electrons. The predicted octanol–water partition coefficient (Wildman–Crippen LogP) is 3.20. The molecule has 5 heteroatoms. The van der Waals surface area contributed by atoms with E-state index in [-0.39, 0.29) is 18.0 Å². The lowest BCUT2D eigenvalue weighted by atomic mass is 9.97. The van der Waals surface area contributed by atoms with Gasteiger partial charge in [0.1, 0.15) is 0 Å². The van der Waals surface area contributed by atoms with Crippen LogP contribution in [0.3, 0.4) is 0 Å². The molecule has 26 heavy (non-hydrogen) atoms. The number of carbonyl (C=O) groups is 1. The number of hydrogen-bond acceptors (Lipinski definition) is 5. The van der Waals surface area contributed by atoms with Crippen LogP contribution in [-0.4, -0.2) is 36.9 Å². The quantitative estimate of drug-likeness (QED) is 0.714. The number of methoxy groups -OCH3 is 1. The van der Waals surface area contributed by atoms with Crippen LogP contribution in [0.5, 0.6) is 0 Å². The lowest BCUT2D eigenvalue weighted by Gasteiger charge is -2.22. The first-order valence-corrected chi connectivity index (χ1v) is 8.86. The molecule has 1 heterocycles. The summed E-state index contributed by atoms with van der Waals surface area (Å²) in [6.45, 7) is 3.73. The normalized spacial score (nSPS) is 21.5. The predicted molar refractivity (Wildman–Crippen MR) is 97.9 cm³/mol. The summed E-state index contributed by atoms with van der Waals surface area (Å²) in [4.78, 5) is 18.1. The third-order valence-corrected chi connectivity index (χ3v) is 4.66. The van der Waals surface area contributed by atoms with Crippen LogP contribution < -0.4 is 0 Å². The first-order chi connectivity index (χ1) is 12.7. The molecule has 1 aliphatic rings. The van der Waals surface area contributed by atoms with E-state index in [1.807, 2.05) is 72.7 Å². The Bertz CT molecular complexity index is 692. The van der Waals surface area contributed by atoms with Crippen molar-refractivity contribution in [2.45, 2.75) is 32.3 Å². The molecule has 138 valence electrons. The summed E-state index contributed by atoms with van der Waals surface area (Å²) < 4.78 is 11.0. The molecule has 0 spiro atoms. The smallest absolute Gasteiger partial charge is 0.337 e. The van der Waals surface area contributed by atoms with Crippen molar-refractivity contribution < 1.29 is 19.1 Å². The van der Waals surface area contributed by atoms with Gasteiger partial charge in [-0.25, -0.2) is 4.79 Å². The zero-order valence-corrected chi connectivity index (χ0v) is 15.2. The lowest BCUT2D eigenvalue weighted by molar-refractivity contribution is -0.187. The highest BCUT2D eigenvalue weighted by Crippen LogP contribution is 2.28. The Balaban J connectivity index is 1.63. The Hall–Kier alpha value is -2.21. The summed E-state index contributed by atoms with van der Waals surface area (Å²) in [5.41, 5.74) is 2.24. The summed E-state index contributed by atoms with van der Waals surface area (Å²) >= 11 is 0. The van der Waals surface area contributed by atoms with E-state index >= 15 is 0 Å². The summed E-state index contributed by atoms with van der Waals surface area (Å²) in [5, 5.41) is 1.82. The van der Waals surface area contributed by atoms with Gasteiger partial charge < -0.3 is 9.47 Å². The van der Waals surface area contributed by atoms with E-state index in [0.29, 0.717) is 19.7 Å². The summed E-state index contributed by atoms with van der Waals surface area (Å²) in [6, 6.07) is 20.0. The largest absolute Gasteiger partial charge is 0.467 e. The highest BCUT2D eigenvalue weighted by Gasteiger charge is 2.43. The highest BCUT2D eigenvalue weighted by atomic mass is 16.7. The fourth-order valence-corrected chi connectivity index (χ4v) is 3.16. The zero-order chi connectivity index (χ0) is 18.4. The van der Waals surface area contributed by atoms with Crippen molar-refractivity contribution in [2.24, 2.45) is 5.92 Å². The first kappa shape index (κ1) is 18.6. The lowest BCUT2D eigenvalue weighted by Crippen LogP contribution is -2.36. The molecule has 2 aromatic rings. The van der Waals surface area contributed by atoms with Gasteiger partial charge >= 0.3 is 5.97 Å². The van der Waals surface area contributed by atoms with Crippen LogP contribution in [0.1, 0.15) is 18.1 Å². The van der Waals surface area contributed by atoms with Gasteiger partial charge in [-0.15, -0.1) is 0 Å². The van der Waals surface area contributed by atoms with Crippen LogP contribution >= 0.6 is 0 Å². The van der Waals surface area contributed by atoms with Crippen molar-refractivity contribution in [3.05, 3.63) is 71.8 Å². The summed E-state index contributed by atoms with van der Waals surface area (Å²) in [5.74, 6) is -0.449. The average molecular weight is 355 g/mol. The van der Waals surface area contributed by atoms with Gasteiger partial charge in [-0.3, -0.25) is 4.84 Å². The standard InChI is InChI=1S/C21H25NO4/c1-16(25-15-18-11-7-4-8-12-18)19-14-22(26-20(19)21(23)24-2)13-17-9-5-3-6-10-17/h3-12,16,19-20H,13-15H2,1-2H3/t16-,19-,20-/m0/s1. The molecule has 1 aliphatic heterocycles. The monoisotopic (exact) mass is 355 g/mol. The molecule has 2 aromatic carbocycles. The molecule has 0 bridgehead atoms. The molecule has 1 saturated heterocycles. The van der Waals surface area contributed by atoms with Crippen molar-refractivity contribution >= 4 is 5.97 Å². The number of ether oxygens (including phenoxy) is 2. The Morgan fingerprint density at radius 1 is 1.12 bits per heavy atom. The van der Waals surface area contributed by atoms with E-state index in [4.69, 9.17) is 14.3 Å². The molecule has 1 fully saturated rings. The molecule has 5 nitrogen and oxygen atoms in total. The van der Waals surface area contributed by atoms with Gasteiger partial charge in [-0.1, -0.05) is 60.7 Å². The van der Waals surface area contributed by atoms with Crippen molar-refractivity contribution in [3.63, 3.8) is 0 Å². The van der Waals surface area contributed by atoms with Crippen LogP contribution in [0, 0.1) is 5.92 Å². The molecule has 3 atom stereocenters. The van der Waals surface area contributed by atoms with Gasteiger partial charge in [0.05, 0.1) is 19.8 Å². The molecular formula is C21H25NO4. The van der Waals surface area contributed by atoms with Crippen LogP contribution in [0.4, 0.5) is 0 Å². The molecule has 0 amide bonds. The van der Waals surface area contributed by atoms with Crippen molar-refractivity contribution in [2.75, 3.05) is 13.7 Å². The summed E-state index contributed by atoms with van der Waals surface area (Å²) in [6.07, 6.45) is -0.783. The number of hydrogen-bond donors (Lipinski definition) is 0.